The molecule has 0 radical (unpaired) electrons. The molecule has 0 aromatic carbocycles. The van der Waals surface area contributed by atoms with Crippen molar-refractivity contribution in [3.8, 4) is 0 Å². The number of hydrogen-bond acceptors (Lipinski definition) is 3. The minimum absolute atomic E-state index is 0.184. The highest BCUT2D eigenvalue weighted by Crippen LogP contribution is 2.27. The summed E-state index contributed by atoms with van der Waals surface area (Å²) in [5.41, 5.74) is 5.43. The van der Waals surface area contributed by atoms with E-state index in [1.54, 1.807) is 7.11 Å². The zero-order valence-corrected chi connectivity index (χ0v) is 7.30. The second-order valence-corrected chi connectivity index (χ2v) is 3.28. The summed E-state index contributed by atoms with van der Waals surface area (Å²) in [6, 6.07) is 0. The van der Waals surface area contributed by atoms with Crippen LogP contribution in [0.2, 0.25) is 0 Å². The average Bonchev–Trinajstić information content (AvgIpc) is 2.55. The maximum atomic E-state index is 5.62. The second kappa shape index (κ2) is 3.52. The Morgan fingerprint density at radius 2 is 2.45 bits per heavy atom. The van der Waals surface area contributed by atoms with Crippen molar-refractivity contribution < 1.29 is 9.47 Å². The highest BCUT2D eigenvalue weighted by Gasteiger charge is 2.35. The van der Waals surface area contributed by atoms with Gasteiger partial charge in [0.2, 0.25) is 0 Å². The van der Waals surface area contributed by atoms with Gasteiger partial charge in [-0.1, -0.05) is 0 Å². The Balaban J connectivity index is 2.52. The van der Waals surface area contributed by atoms with E-state index in [0.29, 0.717) is 12.5 Å². The van der Waals surface area contributed by atoms with E-state index in [4.69, 9.17) is 15.2 Å². The largest absolute Gasteiger partial charge is 0.381 e. The van der Waals surface area contributed by atoms with Gasteiger partial charge >= 0.3 is 0 Å². The van der Waals surface area contributed by atoms with E-state index in [9.17, 15) is 0 Å². The quantitative estimate of drug-likeness (QED) is 0.647. The lowest BCUT2D eigenvalue weighted by atomic mass is 9.88. The number of ether oxygens (including phenoxy) is 2. The van der Waals surface area contributed by atoms with Crippen LogP contribution in [0.15, 0.2) is 0 Å². The van der Waals surface area contributed by atoms with E-state index in [1.807, 2.05) is 6.92 Å². The van der Waals surface area contributed by atoms with E-state index in [1.165, 1.54) is 0 Å². The Morgan fingerprint density at radius 3 is 2.82 bits per heavy atom. The zero-order chi connectivity index (χ0) is 8.32. The normalized spacial score (nSPS) is 30.3. The van der Waals surface area contributed by atoms with Crippen molar-refractivity contribution in [2.45, 2.75) is 18.9 Å². The highest BCUT2D eigenvalue weighted by molar-refractivity contribution is 4.86. The Labute approximate surface area is 67.9 Å². The third-order valence-corrected chi connectivity index (χ3v) is 2.66. The second-order valence-electron chi connectivity index (χ2n) is 3.28. The van der Waals surface area contributed by atoms with Crippen LogP contribution in [-0.2, 0) is 9.47 Å². The fourth-order valence-corrected chi connectivity index (χ4v) is 1.43. The number of rotatable bonds is 3. The summed E-state index contributed by atoms with van der Waals surface area (Å²) in [5.74, 6) is 0.470. The average molecular weight is 159 g/mol. The molecule has 1 saturated heterocycles. The van der Waals surface area contributed by atoms with Crippen molar-refractivity contribution in [1.29, 1.82) is 0 Å². The van der Waals surface area contributed by atoms with Gasteiger partial charge in [0.25, 0.3) is 0 Å². The van der Waals surface area contributed by atoms with Crippen molar-refractivity contribution in [1.82, 2.24) is 0 Å². The smallest absolute Gasteiger partial charge is 0.0823 e. The molecule has 1 aliphatic rings. The summed E-state index contributed by atoms with van der Waals surface area (Å²) in [4.78, 5) is 0. The van der Waals surface area contributed by atoms with E-state index < -0.39 is 0 Å². The van der Waals surface area contributed by atoms with Gasteiger partial charge in [-0.15, -0.1) is 0 Å². The lowest BCUT2D eigenvalue weighted by Crippen LogP contribution is -2.44. The number of methoxy groups -OCH3 is 1. The van der Waals surface area contributed by atoms with E-state index in [0.717, 1.165) is 19.6 Å². The fourth-order valence-electron chi connectivity index (χ4n) is 1.43. The SMILES string of the molecule is COC(C)(CN)C1CCOC1. The third-order valence-electron chi connectivity index (χ3n) is 2.66. The Kier molecular flexibility index (Phi) is 2.87. The molecule has 0 spiro atoms. The number of nitrogens with two attached hydrogens (primary N) is 1. The van der Waals surface area contributed by atoms with Gasteiger partial charge < -0.3 is 15.2 Å². The molecule has 1 aliphatic heterocycles. The van der Waals surface area contributed by atoms with Crippen LogP contribution in [0.25, 0.3) is 0 Å². The van der Waals surface area contributed by atoms with Crippen LogP contribution in [-0.4, -0.2) is 32.5 Å². The van der Waals surface area contributed by atoms with Gasteiger partial charge in [0.05, 0.1) is 12.2 Å². The zero-order valence-electron chi connectivity index (χ0n) is 7.30. The molecule has 0 aromatic rings. The first kappa shape index (κ1) is 8.97. The minimum atomic E-state index is -0.184. The lowest BCUT2D eigenvalue weighted by molar-refractivity contribution is -0.0377. The van der Waals surface area contributed by atoms with Gasteiger partial charge in [-0.05, 0) is 13.3 Å². The van der Waals surface area contributed by atoms with Crippen molar-refractivity contribution in [3.63, 3.8) is 0 Å². The Hall–Kier alpha value is -0.120. The molecule has 0 saturated carbocycles. The summed E-state index contributed by atoms with van der Waals surface area (Å²) in [5, 5.41) is 0. The molecule has 66 valence electrons. The van der Waals surface area contributed by atoms with Gasteiger partial charge in [-0.25, -0.2) is 0 Å². The summed E-state index contributed by atoms with van der Waals surface area (Å²) >= 11 is 0. The molecular weight excluding hydrogens is 142 g/mol. The first-order valence-corrected chi connectivity index (χ1v) is 4.06. The highest BCUT2D eigenvalue weighted by atomic mass is 16.5. The maximum Gasteiger partial charge on any atom is 0.0823 e. The van der Waals surface area contributed by atoms with Crippen molar-refractivity contribution >= 4 is 0 Å². The fraction of sp³-hybridized carbons (Fsp3) is 1.00. The standard InChI is InChI=1S/C8H17NO2/c1-8(6-9,10-2)7-3-4-11-5-7/h7H,3-6,9H2,1-2H3. The van der Waals surface area contributed by atoms with E-state index in [2.05, 4.69) is 0 Å². The van der Waals surface area contributed by atoms with Gasteiger partial charge in [-0.3, -0.25) is 0 Å². The van der Waals surface area contributed by atoms with Gasteiger partial charge in [0.15, 0.2) is 0 Å². The predicted octanol–water partition coefficient (Wildman–Crippen LogP) is 0.387. The van der Waals surface area contributed by atoms with Crippen LogP contribution in [0.1, 0.15) is 13.3 Å². The molecule has 1 heterocycles. The molecule has 0 amide bonds. The van der Waals surface area contributed by atoms with Gasteiger partial charge in [0, 0.05) is 26.2 Å². The number of hydrogen-bond donors (Lipinski definition) is 1. The summed E-state index contributed by atoms with van der Waals surface area (Å²) in [6.07, 6.45) is 1.07. The van der Waals surface area contributed by atoms with Crippen molar-refractivity contribution in [2.24, 2.45) is 11.7 Å². The molecular formula is C8H17NO2. The first-order chi connectivity index (χ1) is 5.23. The van der Waals surface area contributed by atoms with Crippen molar-refractivity contribution in [3.05, 3.63) is 0 Å². The molecule has 1 fully saturated rings. The summed E-state index contributed by atoms with van der Waals surface area (Å²) in [7, 11) is 1.71. The topological polar surface area (TPSA) is 44.5 Å². The van der Waals surface area contributed by atoms with E-state index >= 15 is 0 Å². The molecule has 2 unspecified atom stereocenters. The van der Waals surface area contributed by atoms with Crippen molar-refractivity contribution in [2.75, 3.05) is 26.9 Å². The van der Waals surface area contributed by atoms with Gasteiger partial charge in [0.1, 0.15) is 0 Å². The molecule has 0 aliphatic carbocycles. The molecule has 11 heavy (non-hydrogen) atoms. The summed E-state index contributed by atoms with van der Waals surface area (Å²) in [6.45, 7) is 4.26. The first-order valence-electron chi connectivity index (χ1n) is 4.06. The van der Waals surface area contributed by atoms with Crippen LogP contribution in [0.3, 0.4) is 0 Å². The van der Waals surface area contributed by atoms with Crippen LogP contribution < -0.4 is 5.73 Å². The molecule has 1 rings (SSSR count). The van der Waals surface area contributed by atoms with Gasteiger partial charge in [-0.2, -0.15) is 0 Å². The van der Waals surface area contributed by atoms with Crippen LogP contribution in [0.5, 0.6) is 0 Å². The van der Waals surface area contributed by atoms with Crippen LogP contribution >= 0.6 is 0 Å². The molecule has 0 bridgehead atoms. The van der Waals surface area contributed by atoms with Crippen LogP contribution in [0.4, 0.5) is 0 Å². The Morgan fingerprint density at radius 1 is 1.73 bits per heavy atom. The summed E-state index contributed by atoms with van der Waals surface area (Å²) < 4.78 is 10.6. The lowest BCUT2D eigenvalue weighted by Gasteiger charge is -2.31. The minimum Gasteiger partial charge on any atom is -0.381 e. The predicted molar refractivity (Wildman–Crippen MR) is 43.4 cm³/mol. The third kappa shape index (κ3) is 1.72. The molecule has 3 heteroatoms. The monoisotopic (exact) mass is 159 g/mol. The molecule has 0 aromatic heterocycles. The molecule has 2 N–H and O–H groups in total. The maximum absolute atomic E-state index is 5.62. The van der Waals surface area contributed by atoms with E-state index in [-0.39, 0.29) is 5.60 Å². The Bertz CT molecular complexity index is 117. The molecule has 3 nitrogen and oxygen atoms in total. The molecule has 2 atom stereocenters. The van der Waals surface area contributed by atoms with Crippen LogP contribution in [0, 0.1) is 5.92 Å².